The van der Waals surface area contributed by atoms with Gasteiger partial charge in [0.1, 0.15) is 5.01 Å². The molecule has 0 amide bonds. The molecule has 1 rings (SSSR count). The summed E-state index contributed by atoms with van der Waals surface area (Å²) >= 11 is 1.60. The van der Waals surface area contributed by atoms with E-state index in [-0.39, 0.29) is 6.61 Å². The van der Waals surface area contributed by atoms with Crippen molar-refractivity contribution in [2.45, 2.75) is 19.8 Å². The van der Waals surface area contributed by atoms with Gasteiger partial charge in [0.2, 0.25) is 5.13 Å². The standard InChI is InChI=1S/C8H15N3OS/c1-3-4-7-9-10-8(13-7)11(2)5-6-12/h12H,3-6H2,1-2H3. The van der Waals surface area contributed by atoms with Crippen LogP contribution in [-0.4, -0.2) is 35.5 Å². The van der Waals surface area contributed by atoms with Crippen LogP contribution in [0.3, 0.4) is 0 Å². The number of anilines is 1. The molecule has 0 aliphatic heterocycles. The number of nitrogens with zero attached hydrogens (tertiary/aromatic N) is 3. The highest BCUT2D eigenvalue weighted by Crippen LogP contribution is 2.19. The lowest BCUT2D eigenvalue weighted by molar-refractivity contribution is 0.304. The maximum absolute atomic E-state index is 8.72. The SMILES string of the molecule is CCCc1nnc(N(C)CCO)s1. The Kier molecular flexibility index (Phi) is 4.11. The first-order valence-electron chi connectivity index (χ1n) is 4.42. The number of aryl methyl sites for hydroxylation is 1. The van der Waals surface area contributed by atoms with Crippen molar-refractivity contribution >= 4 is 16.5 Å². The zero-order valence-corrected chi connectivity index (χ0v) is 8.84. The van der Waals surface area contributed by atoms with E-state index in [4.69, 9.17) is 5.11 Å². The molecule has 0 aromatic carbocycles. The summed E-state index contributed by atoms with van der Waals surface area (Å²) in [5.41, 5.74) is 0. The van der Waals surface area contributed by atoms with Crippen LogP contribution in [0, 0.1) is 0 Å². The summed E-state index contributed by atoms with van der Waals surface area (Å²) in [6, 6.07) is 0. The molecule has 1 aromatic rings. The van der Waals surface area contributed by atoms with Gasteiger partial charge in [-0.25, -0.2) is 0 Å². The monoisotopic (exact) mass is 201 g/mol. The first kappa shape index (κ1) is 10.4. The third-order valence-electron chi connectivity index (χ3n) is 1.68. The Hall–Kier alpha value is -0.680. The third kappa shape index (κ3) is 2.93. The number of aromatic nitrogens is 2. The molecule has 13 heavy (non-hydrogen) atoms. The molecule has 1 heterocycles. The summed E-state index contributed by atoms with van der Waals surface area (Å²) < 4.78 is 0. The second-order valence-corrected chi connectivity index (χ2v) is 3.91. The van der Waals surface area contributed by atoms with Crippen molar-refractivity contribution in [3.63, 3.8) is 0 Å². The van der Waals surface area contributed by atoms with E-state index in [0.29, 0.717) is 6.54 Å². The topological polar surface area (TPSA) is 49.2 Å². The van der Waals surface area contributed by atoms with Crippen molar-refractivity contribution in [1.82, 2.24) is 10.2 Å². The van der Waals surface area contributed by atoms with Gasteiger partial charge in [0.05, 0.1) is 6.61 Å². The molecule has 5 heteroatoms. The number of aliphatic hydroxyl groups is 1. The van der Waals surface area contributed by atoms with Gasteiger partial charge in [-0.15, -0.1) is 10.2 Å². The molecule has 1 aromatic heterocycles. The van der Waals surface area contributed by atoms with Gasteiger partial charge in [-0.1, -0.05) is 18.3 Å². The summed E-state index contributed by atoms with van der Waals surface area (Å²) in [4.78, 5) is 1.91. The van der Waals surface area contributed by atoms with E-state index in [1.54, 1.807) is 11.3 Å². The lowest BCUT2D eigenvalue weighted by Gasteiger charge is -2.11. The number of likely N-dealkylation sites (N-methyl/N-ethyl adjacent to an activating group) is 1. The molecular weight excluding hydrogens is 186 g/mol. The van der Waals surface area contributed by atoms with Crippen LogP contribution in [0.15, 0.2) is 0 Å². The molecule has 0 saturated carbocycles. The Morgan fingerprint density at radius 1 is 1.46 bits per heavy atom. The van der Waals surface area contributed by atoms with Crippen molar-refractivity contribution < 1.29 is 5.11 Å². The zero-order valence-electron chi connectivity index (χ0n) is 8.03. The Morgan fingerprint density at radius 2 is 2.23 bits per heavy atom. The number of aliphatic hydroxyl groups excluding tert-OH is 1. The van der Waals surface area contributed by atoms with Gasteiger partial charge in [0.15, 0.2) is 0 Å². The molecule has 0 aliphatic carbocycles. The highest BCUT2D eigenvalue weighted by molar-refractivity contribution is 7.15. The van der Waals surface area contributed by atoms with Gasteiger partial charge < -0.3 is 10.0 Å². The van der Waals surface area contributed by atoms with Crippen LogP contribution in [0.4, 0.5) is 5.13 Å². The normalized spacial score (nSPS) is 10.4. The minimum Gasteiger partial charge on any atom is -0.395 e. The first-order chi connectivity index (χ1) is 6.27. The molecule has 0 radical (unpaired) electrons. The molecule has 0 saturated heterocycles. The van der Waals surface area contributed by atoms with Crippen molar-refractivity contribution in [2.24, 2.45) is 0 Å². The van der Waals surface area contributed by atoms with E-state index < -0.39 is 0 Å². The van der Waals surface area contributed by atoms with Gasteiger partial charge in [0.25, 0.3) is 0 Å². The average Bonchev–Trinajstić information content (AvgIpc) is 2.54. The third-order valence-corrected chi connectivity index (χ3v) is 2.78. The van der Waals surface area contributed by atoms with E-state index in [9.17, 15) is 0 Å². The fourth-order valence-corrected chi connectivity index (χ4v) is 1.89. The van der Waals surface area contributed by atoms with E-state index >= 15 is 0 Å². The fraction of sp³-hybridized carbons (Fsp3) is 0.750. The van der Waals surface area contributed by atoms with Gasteiger partial charge in [-0.3, -0.25) is 0 Å². The fourth-order valence-electron chi connectivity index (χ4n) is 0.960. The molecular formula is C8H15N3OS. The largest absolute Gasteiger partial charge is 0.395 e. The predicted octanol–water partition coefficient (Wildman–Crippen LogP) is 0.919. The van der Waals surface area contributed by atoms with Crippen molar-refractivity contribution in [1.29, 1.82) is 0 Å². The van der Waals surface area contributed by atoms with E-state index in [0.717, 1.165) is 23.0 Å². The minimum absolute atomic E-state index is 0.152. The quantitative estimate of drug-likeness (QED) is 0.769. The number of hydrogen-bond donors (Lipinski definition) is 1. The number of hydrogen-bond acceptors (Lipinski definition) is 5. The van der Waals surface area contributed by atoms with Gasteiger partial charge in [0, 0.05) is 20.0 Å². The van der Waals surface area contributed by atoms with Crippen LogP contribution in [0.2, 0.25) is 0 Å². The highest BCUT2D eigenvalue weighted by Gasteiger charge is 2.06. The summed E-state index contributed by atoms with van der Waals surface area (Å²) in [6.45, 7) is 2.89. The molecule has 0 fully saturated rings. The Morgan fingerprint density at radius 3 is 2.85 bits per heavy atom. The number of rotatable bonds is 5. The van der Waals surface area contributed by atoms with E-state index in [2.05, 4.69) is 17.1 Å². The lowest BCUT2D eigenvalue weighted by Crippen LogP contribution is -2.20. The molecule has 1 N–H and O–H groups in total. The molecule has 0 unspecified atom stereocenters. The van der Waals surface area contributed by atoms with Gasteiger partial charge >= 0.3 is 0 Å². The second kappa shape index (κ2) is 5.14. The average molecular weight is 201 g/mol. The predicted molar refractivity (Wildman–Crippen MR) is 54.3 cm³/mol. The van der Waals surface area contributed by atoms with Crippen LogP contribution in [0.1, 0.15) is 18.4 Å². The molecule has 4 nitrogen and oxygen atoms in total. The Labute approximate surface area is 82.2 Å². The minimum atomic E-state index is 0.152. The lowest BCUT2D eigenvalue weighted by atomic mass is 10.4. The molecule has 0 aliphatic rings. The molecule has 0 bridgehead atoms. The van der Waals surface area contributed by atoms with Crippen molar-refractivity contribution in [3.8, 4) is 0 Å². The van der Waals surface area contributed by atoms with Crippen LogP contribution < -0.4 is 4.90 Å². The van der Waals surface area contributed by atoms with Crippen LogP contribution >= 0.6 is 11.3 Å². The summed E-state index contributed by atoms with van der Waals surface area (Å²) in [5.74, 6) is 0. The second-order valence-electron chi connectivity index (χ2n) is 2.87. The van der Waals surface area contributed by atoms with Gasteiger partial charge in [-0.05, 0) is 6.42 Å². The van der Waals surface area contributed by atoms with E-state index in [1.807, 2.05) is 11.9 Å². The molecule has 0 spiro atoms. The van der Waals surface area contributed by atoms with E-state index in [1.165, 1.54) is 0 Å². The Balaban J connectivity index is 2.56. The summed E-state index contributed by atoms with van der Waals surface area (Å²) in [7, 11) is 1.91. The summed E-state index contributed by atoms with van der Waals surface area (Å²) in [5, 5.41) is 18.8. The van der Waals surface area contributed by atoms with Gasteiger partial charge in [-0.2, -0.15) is 0 Å². The van der Waals surface area contributed by atoms with Crippen LogP contribution in [0.5, 0.6) is 0 Å². The zero-order chi connectivity index (χ0) is 9.68. The van der Waals surface area contributed by atoms with Crippen LogP contribution in [0.25, 0.3) is 0 Å². The van der Waals surface area contributed by atoms with Crippen molar-refractivity contribution in [3.05, 3.63) is 5.01 Å². The smallest absolute Gasteiger partial charge is 0.208 e. The molecule has 74 valence electrons. The van der Waals surface area contributed by atoms with Crippen LogP contribution in [-0.2, 0) is 6.42 Å². The summed E-state index contributed by atoms with van der Waals surface area (Å²) in [6.07, 6.45) is 2.09. The molecule has 0 atom stereocenters. The first-order valence-corrected chi connectivity index (χ1v) is 5.24. The maximum atomic E-state index is 8.72. The van der Waals surface area contributed by atoms with Crippen molar-refractivity contribution in [2.75, 3.05) is 25.1 Å². The maximum Gasteiger partial charge on any atom is 0.208 e. The Bertz CT molecular complexity index is 251. The highest BCUT2D eigenvalue weighted by atomic mass is 32.1.